The van der Waals surface area contributed by atoms with E-state index in [4.69, 9.17) is 23.8 Å². The number of fused-ring (bicyclic) bond motifs is 9. The van der Waals surface area contributed by atoms with Crippen molar-refractivity contribution in [3.05, 3.63) is 158 Å². The summed E-state index contributed by atoms with van der Waals surface area (Å²) in [6, 6.07) is 53.9. The molecule has 0 atom stereocenters. The Bertz CT molecular complexity index is 3100. The first-order chi connectivity index (χ1) is 25.3. The van der Waals surface area contributed by atoms with Gasteiger partial charge in [-0.3, -0.25) is 4.57 Å². The largest absolute Gasteiger partial charge is 0.456 e. The highest BCUT2D eigenvalue weighted by molar-refractivity contribution is 6.13. The lowest BCUT2D eigenvalue weighted by Gasteiger charge is -2.11. The third-order valence-corrected chi connectivity index (χ3v) is 9.88. The van der Waals surface area contributed by atoms with Crippen LogP contribution in [0.3, 0.4) is 0 Å². The van der Waals surface area contributed by atoms with E-state index in [1.54, 1.807) is 0 Å². The molecule has 6 heteroatoms. The van der Waals surface area contributed by atoms with E-state index in [9.17, 15) is 0 Å². The average molecular weight is 655 g/mol. The van der Waals surface area contributed by atoms with Gasteiger partial charge in [0, 0.05) is 43.4 Å². The summed E-state index contributed by atoms with van der Waals surface area (Å²) in [4.78, 5) is 15.5. The number of nitrogens with zero attached hydrogens (tertiary/aromatic N) is 4. The van der Waals surface area contributed by atoms with Crippen molar-refractivity contribution in [2.75, 3.05) is 0 Å². The van der Waals surface area contributed by atoms with Gasteiger partial charge >= 0.3 is 0 Å². The van der Waals surface area contributed by atoms with Crippen molar-refractivity contribution in [1.29, 1.82) is 0 Å². The molecule has 6 nitrogen and oxygen atoms in total. The van der Waals surface area contributed by atoms with Crippen LogP contribution in [0.1, 0.15) is 0 Å². The number of aromatic nitrogens is 4. The molecule has 4 heterocycles. The fourth-order valence-corrected chi connectivity index (χ4v) is 7.54. The van der Waals surface area contributed by atoms with E-state index in [0.717, 1.165) is 87.9 Å². The van der Waals surface area contributed by atoms with Gasteiger partial charge in [-0.1, -0.05) is 109 Å². The first-order valence-electron chi connectivity index (χ1n) is 16.9. The first-order valence-corrected chi connectivity index (χ1v) is 16.9. The zero-order chi connectivity index (χ0) is 33.5. The Morgan fingerprint density at radius 1 is 0.373 bits per heavy atom. The molecule has 0 unspecified atom stereocenters. The van der Waals surface area contributed by atoms with Crippen molar-refractivity contribution >= 4 is 65.7 Å². The lowest BCUT2D eigenvalue weighted by Crippen LogP contribution is -2.06. The number of benzene rings is 7. The molecule has 7 aromatic carbocycles. The fourth-order valence-electron chi connectivity index (χ4n) is 7.54. The maximum Gasteiger partial charge on any atom is 0.238 e. The third-order valence-electron chi connectivity index (χ3n) is 9.88. The van der Waals surface area contributed by atoms with Crippen molar-refractivity contribution in [2.24, 2.45) is 0 Å². The molecule has 0 aliphatic heterocycles. The maximum absolute atomic E-state index is 6.46. The van der Waals surface area contributed by atoms with Crippen LogP contribution in [0.4, 0.5) is 0 Å². The van der Waals surface area contributed by atoms with Crippen LogP contribution in [0.2, 0.25) is 0 Å². The number of para-hydroxylation sites is 3. The highest BCUT2D eigenvalue weighted by Crippen LogP contribution is 2.40. The minimum absolute atomic E-state index is 0.558. The Balaban J connectivity index is 1.15. The Morgan fingerprint density at radius 3 is 1.71 bits per heavy atom. The molecule has 0 spiro atoms. The minimum atomic E-state index is 0.558. The Hall–Kier alpha value is -7.05. The van der Waals surface area contributed by atoms with Gasteiger partial charge in [0.25, 0.3) is 0 Å². The molecular formula is C45H26N4O2. The minimum Gasteiger partial charge on any atom is -0.456 e. The lowest BCUT2D eigenvalue weighted by atomic mass is 9.99. The highest BCUT2D eigenvalue weighted by Gasteiger charge is 2.21. The van der Waals surface area contributed by atoms with E-state index >= 15 is 0 Å². The van der Waals surface area contributed by atoms with E-state index in [-0.39, 0.29) is 0 Å². The van der Waals surface area contributed by atoms with Gasteiger partial charge in [0.05, 0.1) is 11.0 Å². The summed E-state index contributed by atoms with van der Waals surface area (Å²) in [6.45, 7) is 0. The summed E-state index contributed by atoms with van der Waals surface area (Å²) >= 11 is 0. The number of hydrogen-bond donors (Lipinski definition) is 0. The Morgan fingerprint density at radius 2 is 0.941 bits per heavy atom. The van der Waals surface area contributed by atoms with Crippen LogP contribution in [-0.4, -0.2) is 19.5 Å². The van der Waals surface area contributed by atoms with Gasteiger partial charge in [0.1, 0.15) is 22.3 Å². The van der Waals surface area contributed by atoms with Crippen LogP contribution < -0.4 is 0 Å². The maximum atomic E-state index is 6.46. The van der Waals surface area contributed by atoms with Gasteiger partial charge in [-0.05, 0) is 59.7 Å². The monoisotopic (exact) mass is 654 g/mol. The average Bonchev–Trinajstić information content (AvgIpc) is 3.87. The van der Waals surface area contributed by atoms with Crippen molar-refractivity contribution in [3.63, 3.8) is 0 Å². The quantitative estimate of drug-likeness (QED) is 0.189. The lowest BCUT2D eigenvalue weighted by molar-refractivity contribution is 0.668. The van der Waals surface area contributed by atoms with Crippen LogP contribution in [0, 0.1) is 0 Å². The molecule has 0 amide bonds. The summed E-state index contributed by atoms with van der Waals surface area (Å²) < 4.78 is 14.7. The molecule has 4 aromatic heterocycles. The van der Waals surface area contributed by atoms with Crippen LogP contribution in [0.25, 0.3) is 106 Å². The first kappa shape index (κ1) is 27.9. The second kappa shape index (κ2) is 10.7. The van der Waals surface area contributed by atoms with Crippen molar-refractivity contribution in [1.82, 2.24) is 19.5 Å². The summed E-state index contributed by atoms with van der Waals surface area (Å²) in [7, 11) is 0. The Kier molecular flexibility index (Phi) is 5.86. The van der Waals surface area contributed by atoms with Crippen LogP contribution in [-0.2, 0) is 0 Å². The zero-order valence-electron chi connectivity index (χ0n) is 27.1. The molecule has 238 valence electrons. The summed E-state index contributed by atoms with van der Waals surface area (Å²) in [6.07, 6.45) is 0. The number of furan rings is 2. The van der Waals surface area contributed by atoms with E-state index in [1.165, 1.54) is 0 Å². The van der Waals surface area contributed by atoms with Crippen LogP contribution in [0.15, 0.2) is 167 Å². The van der Waals surface area contributed by atoms with E-state index in [1.807, 2.05) is 60.7 Å². The topological polar surface area (TPSA) is 69.9 Å². The number of hydrogen-bond acceptors (Lipinski definition) is 5. The van der Waals surface area contributed by atoms with Gasteiger partial charge in [0.2, 0.25) is 5.95 Å². The van der Waals surface area contributed by atoms with Gasteiger partial charge in [-0.15, -0.1) is 0 Å². The van der Waals surface area contributed by atoms with Crippen molar-refractivity contribution < 1.29 is 8.83 Å². The van der Waals surface area contributed by atoms with E-state index in [2.05, 4.69) is 102 Å². The molecule has 0 saturated carbocycles. The molecule has 0 bridgehead atoms. The smallest absolute Gasteiger partial charge is 0.238 e. The molecule has 0 N–H and O–H groups in total. The summed E-state index contributed by atoms with van der Waals surface area (Å²) in [5.41, 5.74) is 9.38. The summed E-state index contributed by atoms with van der Waals surface area (Å²) in [5, 5.41) is 6.45. The van der Waals surface area contributed by atoms with Crippen LogP contribution in [0.5, 0.6) is 0 Å². The predicted molar refractivity (Wildman–Crippen MR) is 205 cm³/mol. The molecule has 0 aliphatic rings. The van der Waals surface area contributed by atoms with Crippen molar-refractivity contribution in [2.45, 2.75) is 0 Å². The van der Waals surface area contributed by atoms with Gasteiger partial charge < -0.3 is 8.83 Å². The standard InChI is InChI=1S/C45H26N4O2/c1-2-11-27(12-3-1)43-46-44(48-45(47-43)49-36-17-7-4-13-30(36)31-14-5-8-18-37(31)49)33-16-10-20-41-42(33)35-26-29(22-24-40(35)51-41)28-21-23-39-34(25-28)32-15-6-9-19-38(32)50-39/h1-26H. The van der Waals surface area contributed by atoms with Gasteiger partial charge in [0.15, 0.2) is 11.6 Å². The van der Waals surface area contributed by atoms with Crippen molar-refractivity contribution in [3.8, 4) is 39.9 Å². The second-order valence-electron chi connectivity index (χ2n) is 12.8. The molecule has 51 heavy (non-hydrogen) atoms. The predicted octanol–water partition coefficient (Wildman–Crippen LogP) is 11.8. The molecule has 0 fully saturated rings. The Labute approximate surface area is 290 Å². The zero-order valence-corrected chi connectivity index (χ0v) is 27.1. The third kappa shape index (κ3) is 4.26. The molecule has 0 saturated heterocycles. The molecule has 11 rings (SSSR count). The van der Waals surface area contributed by atoms with Gasteiger partial charge in [-0.25, -0.2) is 4.98 Å². The normalized spacial score (nSPS) is 11.9. The fraction of sp³-hybridized carbons (Fsp3) is 0. The summed E-state index contributed by atoms with van der Waals surface area (Å²) in [5.74, 6) is 1.73. The second-order valence-corrected chi connectivity index (χ2v) is 12.8. The van der Waals surface area contributed by atoms with E-state index < -0.39 is 0 Å². The van der Waals surface area contributed by atoms with Crippen LogP contribution >= 0.6 is 0 Å². The SMILES string of the molecule is c1ccc(-c2nc(-c3cccc4oc5ccc(-c6ccc7oc8ccccc8c7c6)cc5c34)nc(-n3c4ccccc4c4ccccc43)n2)cc1. The molecule has 11 aromatic rings. The number of rotatable bonds is 4. The van der Waals surface area contributed by atoms with Gasteiger partial charge in [-0.2, -0.15) is 9.97 Å². The molecule has 0 radical (unpaired) electrons. The molecule has 0 aliphatic carbocycles. The van der Waals surface area contributed by atoms with E-state index in [0.29, 0.717) is 17.6 Å². The molecular weight excluding hydrogens is 629 g/mol. The highest BCUT2D eigenvalue weighted by atomic mass is 16.3.